The molecule has 186 valence electrons. The lowest BCUT2D eigenvalue weighted by Crippen LogP contribution is -2.42. The van der Waals surface area contributed by atoms with Crippen molar-refractivity contribution in [1.29, 1.82) is 0 Å². The molecule has 1 aliphatic rings. The standard InChI is InChI=1S/C26H22Cl2N2O5S/c1-3-34-25(32)21-19(29)18(13-14-5-9-16(27)10-6-14)20-23(26(33)35-4-2)36-22(24(31)30(20)21)15-7-11-17(28)12-8-15/h5-13,22H,3-4,29H2,1-2H3/b18-13+/t22-/m0/s1. The number of hydrogen-bond acceptors (Lipinski definition) is 7. The zero-order valence-corrected chi connectivity index (χ0v) is 21.7. The van der Waals surface area contributed by atoms with E-state index in [0.717, 1.165) is 11.8 Å². The predicted octanol–water partition coefficient (Wildman–Crippen LogP) is 4.18. The highest BCUT2D eigenvalue weighted by atomic mass is 35.5. The second kappa shape index (κ2) is 10.8. The molecule has 1 aliphatic heterocycles. The number of benzene rings is 2. The van der Waals surface area contributed by atoms with Crippen LogP contribution in [-0.2, 0) is 14.3 Å². The Kier molecular flexibility index (Phi) is 7.78. The maximum Gasteiger partial charge on any atom is 0.357 e. The fourth-order valence-electron chi connectivity index (χ4n) is 3.86. The van der Waals surface area contributed by atoms with E-state index in [2.05, 4.69) is 0 Å². The molecule has 36 heavy (non-hydrogen) atoms. The number of rotatable bonds is 6. The van der Waals surface area contributed by atoms with Crippen LogP contribution in [-0.4, -0.2) is 35.6 Å². The number of nitrogens with two attached hydrogens (primary N) is 1. The van der Waals surface area contributed by atoms with Gasteiger partial charge in [0.15, 0.2) is 5.69 Å². The van der Waals surface area contributed by atoms with Gasteiger partial charge in [-0.1, -0.05) is 59.2 Å². The number of hydrogen-bond donors (Lipinski definition) is 1. The average Bonchev–Trinajstić information content (AvgIpc) is 3.14. The summed E-state index contributed by atoms with van der Waals surface area (Å²) in [6.45, 7) is 3.54. The molecule has 2 aromatic carbocycles. The zero-order valence-electron chi connectivity index (χ0n) is 19.4. The number of aromatic nitrogens is 1. The third-order valence-corrected chi connectivity index (χ3v) is 7.24. The lowest BCUT2D eigenvalue weighted by atomic mass is 10.1. The highest BCUT2D eigenvalue weighted by molar-refractivity contribution is 8.10. The summed E-state index contributed by atoms with van der Waals surface area (Å²) in [5.74, 6) is -1.85. The van der Waals surface area contributed by atoms with E-state index in [9.17, 15) is 14.4 Å². The highest BCUT2D eigenvalue weighted by Gasteiger charge is 2.38. The molecule has 0 aliphatic carbocycles. The van der Waals surface area contributed by atoms with Gasteiger partial charge in [-0.15, -0.1) is 0 Å². The van der Waals surface area contributed by atoms with Crippen LogP contribution in [0.1, 0.15) is 45.5 Å². The molecule has 10 heteroatoms. The first-order valence-electron chi connectivity index (χ1n) is 11.1. The van der Waals surface area contributed by atoms with Crippen molar-refractivity contribution in [3.8, 4) is 0 Å². The Balaban J connectivity index is 2.08. The molecule has 2 heterocycles. The SMILES string of the molecule is CCOC(=O)C1=c2/c(=C/c3ccc(Cl)cc3)c(N)c(C(=O)OCC)n2C(=O)[C@H](c2ccc(Cl)cc2)S1. The van der Waals surface area contributed by atoms with Crippen molar-refractivity contribution in [2.45, 2.75) is 19.1 Å². The summed E-state index contributed by atoms with van der Waals surface area (Å²) >= 11 is 13.1. The molecule has 0 bridgehead atoms. The fourth-order valence-corrected chi connectivity index (χ4v) is 5.31. The van der Waals surface area contributed by atoms with Crippen molar-refractivity contribution in [1.82, 2.24) is 4.57 Å². The average molecular weight is 545 g/mol. The van der Waals surface area contributed by atoms with Gasteiger partial charge in [0.2, 0.25) is 5.91 Å². The van der Waals surface area contributed by atoms with Gasteiger partial charge < -0.3 is 15.2 Å². The molecule has 0 unspecified atom stereocenters. The van der Waals surface area contributed by atoms with Crippen LogP contribution in [0.25, 0.3) is 11.0 Å². The summed E-state index contributed by atoms with van der Waals surface area (Å²) in [4.78, 5) is 40.2. The van der Waals surface area contributed by atoms with Gasteiger partial charge in [0.05, 0.1) is 24.3 Å². The van der Waals surface area contributed by atoms with Crippen molar-refractivity contribution in [2.75, 3.05) is 18.9 Å². The maximum absolute atomic E-state index is 13.9. The van der Waals surface area contributed by atoms with Crippen LogP contribution in [0, 0.1) is 0 Å². The van der Waals surface area contributed by atoms with Crippen LogP contribution in [0.5, 0.6) is 0 Å². The van der Waals surface area contributed by atoms with Gasteiger partial charge in [0, 0.05) is 15.3 Å². The van der Waals surface area contributed by atoms with Crippen molar-refractivity contribution in [3.63, 3.8) is 0 Å². The van der Waals surface area contributed by atoms with Gasteiger partial charge in [-0.05, 0) is 55.3 Å². The van der Waals surface area contributed by atoms with E-state index in [0.29, 0.717) is 26.4 Å². The van der Waals surface area contributed by atoms with Crippen molar-refractivity contribution >= 4 is 69.5 Å². The number of carbonyl (C=O) groups is 3. The first-order chi connectivity index (χ1) is 17.3. The summed E-state index contributed by atoms with van der Waals surface area (Å²) in [6.07, 6.45) is 1.69. The van der Waals surface area contributed by atoms with E-state index in [4.69, 9.17) is 38.4 Å². The normalized spacial score (nSPS) is 15.6. The minimum atomic E-state index is -0.850. The number of fused-ring (bicyclic) bond motifs is 1. The van der Waals surface area contributed by atoms with E-state index in [1.54, 1.807) is 68.5 Å². The van der Waals surface area contributed by atoms with E-state index >= 15 is 0 Å². The first-order valence-corrected chi connectivity index (χ1v) is 12.7. The van der Waals surface area contributed by atoms with Crippen LogP contribution in [0.2, 0.25) is 10.0 Å². The third-order valence-electron chi connectivity index (χ3n) is 5.43. The lowest BCUT2D eigenvalue weighted by molar-refractivity contribution is -0.135. The minimum Gasteiger partial charge on any atom is -0.462 e. The second-order valence-electron chi connectivity index (χ2n) is 7.71. The van der Waals surface area contributed by atoms with Crippen molar-refractivity contribution in [2.24, 2.45) is 0 Å². The summed E-state index contributed by atoms with van der Waals surface area (Å²) in [6, 6.07) is 13.6. The topological polar surface area (TPSA) is 101 Å². The smallest absolute Gasteiger partial charge is 0.357 e. The van der Waals surface area contributed by atoms with Gasteiger partial charge in [-0.3, -0.25) is 9.36 Å². The van der Waals surface area contributed by atoms with Gasteiger partial charge >= 0.3 is 11.9 Å². The van der Waals surface area contributed by atoms with Crippen LogP contribution in [0.15, 0.2) is 48.5 Å². The van der Waals surface area contributed by atoms with Crippen LogP contribution in [0.4, 0.5) is 5.69 Å². The summed E-state index contributed by atoms with van der Waals surface area (Å²) in [7, 11) is 0. The Hall–Kier alpha value is -3.20. The number of halogens is 2. The van der Waals surface area contributed by atoms with Gasteiger partial charge in [-0.25, -0.2) is 9.59 Å². The molecule has 0 saturated carbocycles. The van der Waals surface area contributed by atoms with Crippen molar-refractivity contribution < 1.29 is 23.9 Å². The summed E-state index contributed by atoms with van der Waals surface area (Å²) < 4.78 is 11.7. The minimum absolute atomic E-state index is 0.0194. The number of esters is 2. The van der Waals surface area contributed by atoms with E-state index < -0.39 is 23.1 Å². The number of anilines is 1. The molecule has 0 saturated heterocycles. The molecule has 0 amide bonds. The molecule has 1 atom stereocenters. The molecular formula is C26H22Cl2N2O5S. The van der Waals surface area contributed by atoms with Gasteiger partial charge in [0.1, 0.15) is 10.2 Å². The van der Waals surface area contributed by atoms with Crippen LogP contribution in [0.3, 0.4) is 0 Å². The monoisotopic (exact) mass is 544 g/mol. The molecule has 1 aromatic heterocycles. The van der Waals surface area contributed by atoms with Crippen LogP contribution >= 0.6 is 35.0 Å². The molecule has 2 N–H and O–H groups in total. The quantitative estimate of drug-likeness (QED) is 0.464. The molecule has 3 aromatic rings. The Morgan fingerprint density at radius 2 is 1.53 bits per heavy atom. The molecule has 0 spiro atoms. The highest BCUT2D eigenvalue weighted by Crippen LogP contribution is 2.40. The Morgan fingerprint density at radius 1 is 0.972 bits per heavy atom. The molecule has 7 nitrogen and oxygen atoms in total. The lowest BCUT2D eigenvalue weighted by Gasteiger charge is -2.23. The van der Waals surface area contributed by atoms with Crippen LogP contribution < -0.4 is 16.3 Å². The Labute approximate surface area is 221 Å². The molecule has 4 rings (SSSR count). The van der Waals surface area contributed by atoms with Gasteiger partial charge in [-0.2, -0.15) is 0 Å². The summed E-state index contributed by atoms with van der Waals surface area (Å²) in [5.41, 5.74) is 7.66. The van der Waals surface area contributed by atoms with E-state index in [1.165, 1.54) is 4.57 Å². The largest absolute Gasteiger partial charge is 0.462 e. The van der Waals surface area contributed by atoms with Crippen molar-refractivity contribution in [3.05, 3.63) is 86.0 Å². The maximum atomic E-state index is 13.9. The molecule has 0 radical (unpaired) electrons. The Morgan fingerprint density at radius 3 is 2.11 bits per heavy atom. The second-order valence-corrected chi connectivity index (χ2v) is 9.70. The van der Waals surface area contributed by atoms with E-state index in [-0.39, 0.29) is 34.8 Å². The fraction of sp³-hybridized carbons (Fsp3) is 0.192. The van der Waals surface area contributed by atoms with Gasteiger partial charge in [0.25, 0.3) is 0 Å². The number of nitrogens with zero attached hydrogens (tertiary/aromatic N) is 1. The molecule has 0 fully saturated rings. The summed E-state index contributed by atoms with van der Waals surface area (Å²) in [5, 5.41) is 0.710. The number of ether oxygens (including phenoxy) is 2. The zero-order chi connectivity index (χ0) is 26.0. The predicted molar refractivity (Wildman–Crippen MR) is 142 cm³/mol. The van der Waals surface area contributed by atoms with E-state index in [1.807, 2.05) is 0 Å². The number of thioether (sulfide) groups is 1. The number of carbonyl (C=O) groups excluding carboxylic acids is 3. The number of nitrogen functional groups attached to an aromatic ring is 1. The third kappa shape index (κ3) is 4.89. The first kappa shape index (κ1) is 25.9. The molecular weight excluding hydrogens is 523 g/mol. The Bertz CT molecular complexity index is 1460.